The summed E-state index contributed by atoms with van der Waals surface area (Å²) in [6, 6.07) is 10.1. The first-order valence-electron chi connectivity index (χ1n) is 10.4. The molecule has 2 aromatic carbocycles. The van der Waals surface area contributed by atoms with Crippen LogP contribution >= 0.6 is 23.2 Å². The number of rotatable bonds is 10. The van der Waals surface area contributed by atoms with Crippen molar-refractivity contribution in [3.8, 4) is 5.75 Å². The molecule has 0 saturated carbocycles. The molecule has 0 heterocycles. The molecule has 7 heteroatoms. The summed E-state index contributed by atoms with van der Waals surface area (Å²) in [7, 11) is 0. The molecule has 5 nitrogen and oxygen atoms in total. The number of benzene rings is 2. The smallest absolute Gasteiger partial charge is 0.261 e. The average Bonchev–Trinajstić information content (AvgIpc) is 2.73. The maximum atomic E-state index is 13.1. The van der Waals surface area contributed by atoms with Crippen LogP contribution in [0.4, 0.5) is 0 Å². The van der Waals surface area contributed by atoms with E-state index in [1.54, 1.807) is 25.1 Å². The third kappa shape index (κ3) is 7.44. The molecular weight excluding hydrogens is 435 g/mol. The van der Waals surface area contributed by atoms with Crippen molar-refractivity contribution >= 4 is 35.0 Å². The van der Waals surface area contributed by atoms with Gasteiger partial charge in [-0.1, -0.05) is 48.7 Å². The molecule has 0 aliphatic heterocycles. The van der Waals surface area contributed by atoms with Crippen LogP contribution in [-0.2, 0) is 16.1 Å². The first kappa shape index (κ1) is 25.0. The van der Waals surface area contributed by atoms with Crippen molar-refractivity contribution in [2.45, 2.75) is 53.1 Å². The number of carbonyl (C=O) groups is 2. The van der Waals surface area contributed by atoms with Crippen molar-refractivity contribution < 1.29 is 14.3 Å². The number of halogens is 2. The Hall–Kier alpha value is -2.24. The van der Waals surface area contributed by atoms with Crippen molar-refractivity contribution in [3.63, 3.8) is 0 Å². The first-order valence-corrected chi connectivity index (χ1v) is 11.2. The molecular formula is C24H30Cl2N2O3. The molecule has 0 radical (unpaired) electrons. The fourth-order valence-corrected chi connectivity index (χ4v) is 3.45. The maximum Gasteiger partial charge on any atom is 0.261 e. The molecule has 168 valence electrons. The van der Waals surface area contributed by atoms with Gasteiger partial charge in [0.2, 0.25) is 5.91 Å². The van der Waals surface area contributed by atoms with E-state index >= 15 is 0 Å². The lowest BCUT2D eigenvalue weighted by Gasteiger charge is -2.29. The largest absolute Gasteiger partial charge is 0.484 e. The quantitative estimate of drug-likeness (QED) is 0.483. The zero-order valence-electron chi connectivity index (χ0n) is 18.5. The van der Waals surface area contributed by atoms with Crippen LogP contribution in [-0.4, -0.2) is 35.9 Å². The predicted octanol–water partition coefficient (Wildman–Crippen LogP) is 5.32. The van der Waals surface area contributed by atoms with Crippen LogP contribution in [0.25, 0.3) is 0 Å². The van der Waals surface area contributed by atoms with Crippen LogP contribution in [0.5, 0.6) is 5.75 Å². The van der Waals surface area contributed by atoms with E-state index in [0.29, 0.717) is 27.9 Å². The predicted molar refractivity (Wildman–Crippen MR) is 126 cm³/mol. The van der Waals surface area contributed by atoms with Crippen molar-refractivity contribution in [1.82, 2.24) is 10.2 Å². The number of ether oxygens (including phenoxy) is 1. The Labute approximate surface area is 194 Å². The Kier molecular flexibility index (Phi) is 9.66. The van der Waals surface area contributed by atoms with E-state index in [9.17, 15) is 9.59 Å². The van der Waals surface area contributed by atoms with Gasteiger partial charge in [0.25, 0.3) is 5.91 Å². The fraction of sp³-hybridized carbons (Fsp3) is 0.417. The highest BCUT2D eigenvalue weighted by atomic mass is 35.5. The van der Waals surface area contributed by atoms with Gasteiger partial charge >= 0.3 is 0 Å². The lowest BCUT2D eigenvalue weighted by molar-refractivity contribution is -0.142. The van der Waals surface area contributed by atoms with E-state index in [-0.39, 0.29) is 25.0 Å². The van der Waals surface area contributed by atoms with Crippen LogP contribution in [0.15, 0.2) is 36.4 Å². The van der Waals surface area contributed by atoms with E-state index in [0.717, 1.165) is 24.0 Å². The highest BCUT2D eigenvalue weighted by Gasteiger charge is 2.27. The van der Waals surface area contributed by atoms with Crippen LogP contribution in [0.2, 0.25) is 10.0 Å². The van der Waals surface area contributed by atoms with Crippen LogP contribution in [0.3, 0.4) is 0 Å². The second-order valence-electron chi connectivity index (χ2n) is 7.61. The molecule has 0 aliphatic rings. The van der Waals surface area contributed by atoms with Gasteiger partial charge < -0.3 is 15.0 Å². The zero-order chi connectivity index (χ0) is 23.0. The first-order chi connectivity index (χ1) is 14.7. The highest BCUT2D eigenvalue weighted by molar-refractivity contribution is 6.35. The topological polar surface area (TPSA) is 58.6 Å². The molecule has 0 fully saturated rings. The van der Waals surface area contributed by atoms with E-state index in [2.05, 4.69) is 12.2 Å². The minimum atomic E-state index is -0.681. The molecule has 1 atom stereocenters. The molecule has 0 bridgehead atoms. The molecule has 2 rings (SSSR count). The summed E-state index contributed by atoms with van der Waals surface area (Å²) in [5.41, 5.74) is 2.94. The van der Waals surface area contributed by atoms with Gasteiger partial charge in [-0.05, 0) is 68.1 Å². The molecule has 0 aromatic heterocycles. The lowest BCUT2D eigenvalue weighted by atomic mass is 10.1. The van der Waals surface area contributed by atoms with Crippen molar-refractivity contribution in [2.75, 3.05) is 13.2 Å². The lowest BCUT2D eigenvalue weighted by Crippen LogP contribution is -2.49. The minimum absolute atomic E-state index is 0.174. The second kappa shape index (κ2) is 12.0. The van der Waals surface area contributed by atoms with E-state index in [1.165, 1.54) is 4.90 Å². The van der Waals surface area contributed by atoms with Gasteiger partial charge in [-0.25, -0.2) is 0 Å². The maximum absolute atomic E-state index is 13.1. The Morgan fingerprint density at radius 2 is 1.84 bits per heavy atom. The molecule has 1 N–H and O–H groups in total. The Bertz CT molecular complexity index is 918. The molecule has 2 amide bonds. The number of hydrogen-bond acceptors (Lipinski definition) is 3. The van der Waals surface area contributed by atoms with Crippen molar-refractivity contribution in [1.29, 1.82) is 0 Å². The Balaban J connectivity index is 2.17. The van der Waals surface area contributed by atoms with Crippen LogP contribution in [0.1, 0.15) is 43.4 Å². The Morgan fingerprint density at radius 3 is 2.48 bits per heavy atom. The number of nitrogens with zero attached hydrogens (tertiary/aromatic N) is 1. The average molecular weight is 465 g/mol. The number of aryl methyl sites for hydroxylation is 2. The molecule has 31 heavy (non-hydrogen) atoms. The van der Waals surface area contributed by atoms with Gasteiger partial charge in [0.1, 0.15) is 11.8 Å². The van der Waals surface area contributed by atoms with Gasteiger partial charge in [0.05, 0.1) is 0 Å². The van der Waals surface area contributed by atoms with E-state index in [4.69, 9.17) is 27.9 Å². The molecule has 0 spiro atoms. The monoisotopic (exact) mass is 464 g/mol. The summed E-state index contributed by atoms with van der Waals surface area (Å²) >= 11 is 12.3. The summed E-state index contributed by atoms with van der Waals surface area (Å²) in [5.74, 6) is 0.0985. The van der Waals surface area contributed by atoms with Gasteiger partial charge in [-0.15, -0.1) is 0 Å². The fourth-order valence-electron chi connectivity index (χ4n) is 2.98. The molecule has 2 aromatic rings. The summed E-state index contributed by atoms with van der Waals surface area (Å²) in [4.78, 5) is 27.2. The van der Waals surface area contributed by atoms with Crippen LogP contribution in [0, 0.1) is 13.8 Å². The summed E-state index contributed by atoms with van der Waals surface area (Å²) in [6.45, 7) is 8.33. The number of nitrogens with one attached hydrogen (secondary N) is 1. The van der Waals surface area contributed by atoms with Crippen molar-refractivity contribution in [3.05, 3.63) is 63.1 Å². The Morgan fingerprint density at radius 1 is 1.10 bits per heavy atom. The van der Waals surface area contributed by atoms with Gasteiger partial charge in [0, 0.05) is 23.1 Å². The van der Waals surface area contributed by atoms with Crippen molar-refractivity contribution in [2.24, 2.45) is 0 Å². The number of unbranched alkanes of at least 4 members (excludes halogenated alkanes) is 1. The summed E-state index contributed by atoms with van der Waals surface area (Å²) in [5, 5.41) is 3.84. The SMILES string of the molecule is CCCCNC(=O)[C@@H](C)N(Cc1ccc(Cl)cc1Cl)C(=O)COc1ccc(C)c(C)c1. The summed E-state index contributed by atoms with van der Waals surface area (Å²) in [6.07, 6.45) is 1.85. The third-order valence-electron chi connectivity index (χ3n) is 5.19. The normalized spacial score (nSPS) is 11.7. The second-order valence-corrected chi connectivity index (χ2v) is 8.46. The number of hydrogen-bond donors (Lipinski definition) is 1. The third-order valence-corrected chi connectivity index (χ3v) is 5.78. The number of amides is 2. The zero-order valence-corrected chi connectivity index (χ0v) is 20.0. The van der Waals surface area contributed by atoms with Crippen LogP contribution < -0.4 is 10.1 Å². The summed E-state index contributed by atoms with van der Waals surface area (Å²) < 4.78 is 5.72. The van der Waals surface area contributed by atoms with Gasteiger partial charge in [-0.3, -0.25) is 9.59 Å². The standard InChI is InChI=1S/C24H30Cl2N2O3/c1-5-6-11-27-24(30)18(4)28(14-19-8-9-20(25)13-22(19)26)23(29)15-31-21-10-7-16(2)17(3)12-21/h7-10,12-13,18H,5-6,11,14-15H2,1-4H3,(H,27,30)/t18-/m1/s1. The number of carbonyl (C=O) groups excluding carboxylic acids is 2. The molecule has 0 aliphatic carbocycles. The van der Waals surface area contributed by atoms with E-state index in [1.807, 2.05) is 32.0 Å². The van der Waals surface area contributed by atoms with Gasteiger partial charge in [0.15, 0.2) is 6.61 Å². The minimum Gasteiger partial charge on any atom is -0.484 e. The van der Waals surface area contributed by atoms with E-state index < -0.39 is 6.04 Å². The molecule has 0 saturated heterocycles. The van der Waals surface area contributed by atoms with Gasteiger partial charge in [-0.2, -0.15) is 0 Å². The molecule has 0 unspecified atom stereocenters. The highest BCUT2D eigenvalue weighted by Crippen LogP contribution is 2.23.